The number of Topliss-reactive ketones (excluding diaryl/α,β-unsaturated/α-hetero) is 1. The second-order valence-electron chi connectivity index (χ2n) is 5.35. The molecule has 0 atom stereocenters. The van der Waals surface area contributed by atoms with E-state index < -0.39 is 0 Å². The zero-order valence-electron chi connectivity index (χ0n) is 11.8. The van der Waals surface area contributed by atoms with Crippen LogP contribution in [0.4, 0.5) is 0 Å². The molecule has 21 heavy (non-hydrogen) atoms. The summed E-state index contributed by atoms with van der Waals surface area (Å²) in [6.45, 7) is 0.0472. The van der Waals surface area contributed by atoms with Crippen LogP contribution in [0.25, 0.3) is 0 Å². The average Bonchev–Trinajstić information content (AvgIpc) is 3.00. The van der Waals surface area contributed by atoms with Crippen LogP contribution in [0.5, 0.6) is 5.75 Å². The zero-order chi connectivity index (χ0) is 14.7. The fraction of sp³-hybridized carbons (Fsp3) is 0.278. The number of carbonyl (C=O) groups is 1. The van der Waals surface area contributed by atoms with Crippen molar-refractivity contribution in [3.05, 3.63) is 64.7 Å². The quantitative estimate of drug-likeness (QED) is 0.858. The highest BCUT2D eigenvalue weighted by molar-refractivity contribution is 5.97. The molecule has 0 spiro atoms. The molecule has 0 aromatic heterocycles. The highest BCUT2D eigenvalue weighted by atomic mass is 16.5. The lowest BCUT2D eigenvalue weighted by atomic mass is 10.0. The average molecular weight is 282 g/mol. The maximum atomic E-state index is 12.2. The molecule has 2 aromatic rings. The smallest absolute Gasteiger partial charge is 0.200 e. The molecule has 0 amide bonds. The number of aryl methyl sites for hydroxylation is 2. The van der Waals surface area contributed by atoms with Crippen molar-refractivity contribution in [2.45, 2.75) is 25.9 Å². The molecule has 3 rings (SSSR count). The maximum absolute atomic E-state index is 12.2. The molecule has 0 radical (unpaired) electrons. The van der Waals surface area contributed by atoms with Crippen molar-refractivity contribution in [1.29, 1.82) is 0 Å². The van der Waals surface area contributed by atoms with Crippen LogP contribution in [0.3, 0.4) is 0 Å². The molecule has 1 N–H and O–H groups in total. The van der Waals surface area contributed by atoms with E-state index in [-0.39, 0.29) is 19.0 Å². The highest BCUT2D eigenvalue weighted by Crippen LogP contribution is 2.23. The summed E-state index contributed by atoms with van der Waals surface area (Å²) < 4.78 is 5.51. The third-order valence-electron chi connectivity index (χ3n) is 3.90. The largest absolute Gasteiger partial charge is 0.485 e. The van der Waals surface area contributed by atoms with Gasteiger partial charge < -0.3 is 9.84 Å². The molecule has 1 aliphatic carbocycles. The first kappa shape index (κ1) is 13.8. The van der Waals surface area contributed by atoms with Crippen LogP contribution in [0, 0.1) is 0 Å². The summed E-state index contributed by atoms with van der Waals surface area (Å²) in [5.74, 6) is 0.637. The summed E-state index contributed by atoms with van der Waals surface area (Å²) >= 11 is 0. The van der Waals surface area contributed by atoms with Gasteiger partial charge in [-0.25, -0.2) is 0 Å². The van der Waals surface area contributed by atoms with Gasteiger partial charge in [-0.1, -0.05) is 24.3 Å². The Morgan fingerprint density at radius 2 is 1.81 bits per heavy atom. The van der Waals surface area contributed by atoms with Crippen LogP contribution in [0.2, 0.25) is 0 Å². The Hall–Kier alpha value is -2.13. The molecule has 0 aliphatic heterocycles. The molecule has 0 heterocycles. The second-order valence-corrected chi connectivity index (χ2v) is 5.35. The van der Waals surface area contributed by atoms with Crippen LogP contribution in [-0.4, -0.2) is 17.5 Å². The summed E-state index contributed by atoms with van der Waals surface area (Å²) in [5.41, 5.74) is 4.22. The van der Waals surface area contributed by atoms with Gasteiger partial charge >= 0.3 is 0 Å². The standard InChI is InChI=1S/C18H18O3/c19-11-13-4-8-17(9-5-13)21-12-18(20)16-7-6-14-2-1-3-15(14)10-16/h4-10,19H,1-3,11-12H2. The van der Waals surface area contributed by atoms with Gasteiger partial charge in [0.15, 0.2) is 12.4 Å². The van der Waals surface area contributed by atoms with Crippen molar-refractivity contribution >= 4 is 5.78 Å². The number of aliphatic hydroxyl groups is 1. The van der Waals surface area contributed by atoms with Crippen molar-refractivity contribution in [3.8, 4) is 5.75 Å². The van der Waals surface area contributed by atoms with Crippen LogP contribution >= 0.6 is 0 Å². The number of ketones is 1. The van der Waals surface area contributed by atoms with Gasteiger partial charge in [-0.15, -0.1) is 0 Å². The second kappa shape index (κ2) is 6.10. The molecular weight excluding hydrogens is 264 g/mol. The molecule has 0 saturated heterocycles. The lowest BCUT2D eigenvalue weighted by Gasteiger charge is -2.07. The van der Waals surface area contributed by atoms with E-state index in [0.717, 1.165) is 24.0 Å². The fourth-order valence-corrected chi connectivity index (χ4v) is 2.67. The fourth-order valence-electron chi connectivity index (χ4n) is 2.67. The van der Waals surface area contributed by atoms with Gasteiger partial charge in [0.1, 0.15) is 5.75 Å². The molecule has 108 valence electrons. The van der Waals surface area contributed by atoms with E-state index in [0.29, 0.717) is 5.75 Å². The minimum absolute atomic E-state index is 0.00376. The van der Waals surface area contributed by atoms with Crippen LogP contribution < -0.4 is 4.74 Å². The predicted octanol–water partition coefficient (Wildman–Crippen LogP) is 2.93. The zero-order valence-corrected chi connectivity index (χ0v) is 11.8. The van der Waals surface area contributed by atoms with Gasteiger partial charge in [-0.05, 0) is 54.2 Å². The van der Waals surface area contributed by atoms with Crippen molar-refractivity contribution in [2.24, 2.45) is 0 Å². The van der Waals surface area contributed by atoms with Gasteiger partial charge in [0.25, 0.3) is 0 Å². The Bertz CT molecular complexity index is 644. The Balaban J connectivity index is 1.63. The summed E-state index contributed by atoms with van der Waals surface area (Å²) in [7, 11) is 0. The molecule has 0 bridgehead atoms. The predicted molar refractivity (Wildman–Crippen MR) is 80.7 cm³/mol. The van der Waals surface area contributed by atoms with Crippen LogP contribution in [-0.2, 0) is 19.4 Å². The normalized spacial score (nSPS) is 13.0. The minimum Gasteiger partial charge on any atom is -0.485 e. The molecular formula is C18H18O3. The van der Waals surface area contributed by atoms with Gasteiger partial charge in [0, 0.05) is 5.56 Å². The van der Waals surface area contributed by atoms with Gasteiger partial charge in [-0.2, -0.15) is 0 Å². The lowest BCUT2D eigenvalue weighted by molar-refractivity contribution is 0.0921. The number of hydrogen-bond acceptors (Lipinski definition) is 3. The number of hydrogen-bond donors (Lipinski definition) is 1. The van der Waals surface area contributed by atoms with E-state index in [1.165, 1.54) is 17.5 Å². The van der Waals surface area contributed by atoms with Crippen molar-refractivity contribution in [2.75, 3.05) is 6.61 Å². The first-order valence-corrected chi connectivity index (χ1v) is 7.24. The van der Waals surface area contributed by atoms with Crippen LogP contribution in [0.15, 0.2) is 42.5 Å². The van der Waals surface area contributed by atoms with Gasteiger partial charge in [-0.3, -0.25) is 4.79 Å². The molecule has 2 aromatic carbocycles. The van der Waals surface area contributed by atoms with E-state index in [1.54, 1.807) is 24.3 Å². The SMILES string of the molecule is O=C(COc1ccc(CO)cc1)c1ccc2c(c1)CCC2. The number of carbonyl (C=O) groups excluding carboxylic acids is 1. The summed E-state index contributed by atoms with van der Waals surface area (Å²) in [6, 6.07) is 13.1. The number of rotatable bonds is 5. The first-order valence-electron chi connectivity index (χ1n) is 7.24. The van der Waals surface area contributed by atoms with Crippen molar-refractivity contribution < 1.29 is 14.6 Å². The molecule has 1 aliphatic rings. The first-order chi connectivity index (χ1) is 10.3. The molecule has 0 unspecified atom stereocenters. The Labute approximate surface area is 124 Å². The third-order valence-corrected chi connectivity index (χ3v) is 3.90. The maximum Gasteiger partial charge on any atom is 0.200 e. The monoisotopic (exact) mass is 282 g/mol. The minimum atomic E-state index is -0.00376. The van der Waals surface area contributed by atoms with E-state index in [4.69, 9.17) is 9.84 Å². The van der Waals surface area contributed by atoms with Crippen molar-refractivity contribution in [3.63, 3.8) is 0 Å². The van der Waals surface area contributed by atoms with E-state index >= 15 is 0 Å². The molecule has 0 fully saturated rings. The van der Waals surface area contributed by atoms with E-state index in [9.17, 15) is 4.79 Å². The number of aliphatic hydroxyl groups excluding tert-OH is 1. The van der Waals surface area contributed by atoms with E-state index in [2.05, 4.69) is 6.07 Å². The summed E-state index contributed by atoms with van der Waals surface area (Å²) in [5, 5.41) is 8.98. The molecule has 0 saturated carbocycles. The van der Waals surface area contributed by atoms with Gasteiger partial charge in [0.2, 0.25) is 0 Å². The Kier molecular flexibility index (Phi) is 4.02. The lowest BCUT2D eigenvalue weighted by Crippen LogP contribution is -2.12. The summed E-state index contributed by atoms with van der Waals surface area (Å²) in [4.78, 5) is 12.2. The van der Waals surface area contributed by atoms with Crippen LogP contribution in [0.1, 0.15) is 33.5 Å². The van der Waals surface area contributed by atoms with Crippen molar-refractivity contribution in [1.82, 2.24) is 0 Å². The van der Waals surface area contributed by atoms with E-state index in [1.807, 2.05) is 12.1 Å². The number of fused-ring (bicyclic) bond motifs is 1. The molecule has 3 heteroatoms. The third kappa shape index (κ3) is 3.14. The Morgan fingerprint density at radius 1 is 1.05 bits per heavy atom. The summed E-state index contributed by atoms with van der Waals surface area (Å²) in [6.07, 6.45) is 3.37. The molecule has 3 nitrogen and oxygen atoms in total. The topological polar surface area (TPSA) is 46.5 Å². The van der Waals surface area contributed by atoms with Gasteiger partial charge in [0.05, 0.1) is 6.61 Å². The highest BCUT2D eigenvalue weighted by Gasteiger charge is 2.14. The number of benzene rings is 2. The number of ether oxygens (including phenoxy) is 1. The Morgan fingerprint density at radius 3 is 2.57 bits per heavy atom.